The Morgan fingerprint density at radius 1 is 1.14 bits per heavy atom. The van der Waals surface area contributed by atoms with Gasteiger partial charge in [0.2, 0.25) is 0 Å². The number of rotatable bonds is 3. The quantitative estimate of drug-likeness (QED) is 0.749. The largest absolute Gasteiger partial charge is 0.399 e. The van der Waals surface area contributed by atoms with Crippen LogP contribution in [0.4, 0.5) is 10.1 Å². The summed E-state index contributed by atoms with van der Waals surface area (Å²) in [7, 11) is 0. The van der Waals surface area contributed by atoms with Crippen LogP contribution >= 0.6 is 0 Å². The molecule has 2 aromatic carbocycles. The number of tetrazole rings is 1. The summed E-state index contributed by atoms with van der Waals surface area (Å²) in [5.41, 5.74) is 9.36. The lowest BCUT2D eigenvalue weighted by atomic mass is 10.1. The lowest BCUT2D eigenvalue weighted by Gasteiger charge is -2.06. The van der Waals surface area contributed by atoms with Gasteiger partial charge < -0.3 is 5.73 Å². The summed E-state index contributed by atoms with van der Waals surface area (Å²) in [4.78, 5) is 0. The number of nitrogen functional groups attached to an aromatic ring is 1. The SMILES string of the molecule is Cc1cc(N)cc(-c2nnnn2Cc2ccc(F)cc2)c1. The number of anilines is 1. The minimum Gasteiger partial charge on any atom is -0.399 e. The summed E-state index contributed by atoms with van der Waals surface area (Å²) in [6.45, 7) is 2.43. The third-order valence-corrected chi connectivity index (χ3v) is 3.14. The first-order valence-corrected chi connectivity index (χ1v) is 6.50. The number of nitrogens with two attached hydrogens (primary N) is 1. The molecule has 3 rings (SSSR count). The second-order valence-corrected chi connectivity index (χ2v) is 4.92. The number of benzene rings is 2. The van der Waals surface area contributed by atoms with Crippen molar-refractivity contribution in [2.24, 2.45) is 0 Å². The van der Waals surface area contributed by atoms with Crippen LogP contribution in [0.3, 0.4) is 0 Å². The predicted octanol–water partition coefficient (Wildman–Crippen LogP) is 2.42. The molecular weight excluding hydrogens is 269 g/mol. The summed E-state index contributed by atoms with van der Waals surface area (Å²) in [6, 6.07) is 12.0. The maximum Gasteiger partial charge on any atom is 0.182 e. The molecule has 0 aliphatic rings. The van der Waals surface area contributed by atoms with E-state index in [1.165, 1.54) is 12.1 Å². The average molecular weight is 283 g/mol. The van der Waals surface area contributed by atoms with Crippen LogP contribution < -0.4 is 5.73 Å². The van der Waals surface area contributed by atoms with Crippen LogP contribution in [0.2, 0.25) is 0 Å². The molecule has 0 fully saturated rings. The van der Waals surface area contributed by atoms with Crippen molar-refractivity contribution < 1.29 is 4.39 Å². The highest BCUT2D eigenvalue weighted by molar-refractivity contribution is 5.62. The van der Waals surface area contributed by atoms with E-state index >= 15 is 0 Å². The molecular formula is C15H14FN5. The van der Waals surface area contributed by atoms with Crippen molar-refractivity contribution in [3.63, 3.8) is 0 Å². The zero-order chi connectivity index (χ0) is 14.8. The molecule has 106 valence electrons. The molecule has 0 spiro atoms. The molecule has 1 heterocycles. The molecule has 0 aliphatic carbocycles. The standard InChI is InChI=1S/C15H14FN5/c1-10-6-12(8-14(17)7-10)15-18-19-20-21(15)9-11-2-4-13(16)5-3-11/h2-8H,9,17H2,1H3. The van der Waals surface area contributed by atoms with E-state index < -0.39 is 0 Å². The van der Waals surface area contributed by atoms with Gasteiger partial charge >= 0.3 is 0 Å². The van der Waals surface area contributed by atoms with Gasteiger partial charge in [-0.25, -0.2) is 9.07 Å². The van der Waals surface area contributed by atoms with E-state index in [0.717, 1.165) is 16.7 Å². The Morgan fingerprint density at radius 3 is 2.62 bits per heavy atom. The molecule has 2 N–H and O–H groups in total. The molecule has 1 aromatic heterocycles. The Hall–Kier alpha value is -2.76. The number of nitrogens with zero attached hydrogens (tertiary/aromatic N) is 4. The first-order chi connectivity index (χ1) is 10.1. The third-order valence-electron chi connectivity index (χ3n) is 3.14. The van der Waals surface area contributed by atoms with Crippen molar-refractivity contribution in [3.05, 3.63) is 59.4 Å². The first kappa shape index (κ1) is 13.2. The zero-order valence-corrected chi connectivity index (χ0v) is 11.5. The number of hydrogen-bond donors (Lipinski definition) is 1. The van der Waals surface area contributed by atoms with Gasteiger partial charge in [-0.2, -0.15) is 0 Å². The Morgan fingerprint density at radius 2 is 1.90 bits per heavy atom. The van der Waals surface area contributed by atoms with Crippen molar-refractivity contribution in [2.45, 2.75) is 13.5 Å². The predicted molar refractivity (Wildman–Crippen MR) is 77.9 cm³/mol. The number of hydrogen-bond acceptors (Lipinski definition) is 4. The van der Waals surface area contributed by atoms with Crippen LogP contribution in [0.25, 0.3) is 11.4 Å². The summed E-state index contributed by atoms with van der Waals surface area (Å²) in [5, 5.41) is 11.8. The fourth-order valence-electron chi connectivity index (χ4n) is 2.22. The van der Waals surface area contributed by atoms with E-state index in [0.29, 0.717) is 18.1 Å². The highest BCUT2D eigenvalue weighted by Gasteiger charge is 2.10. The number of aromatic nitrogens is 4. The van der Waals surface area contributed by atoms with Crippen LogP contribution in [0, 0.1) is 12.7 Å². The maximum atomic E-state index is 12.9. The van der Waals surface area contributed by atoms with E-state index in [1.54, 1.807) is 16.8 Å². The molecule has 0 radical (unpaired) electrons. The second-order valence-electron chi connectivity index (χ2n) is 4.92. The normalized spacial score (nSPS) is 10.8. The summed E-state index contributed by atoms with van der Waals surface area (Å²) < 4.78 is 14.6. The molecule has 0 unspecified atom stereocenters. The van der Waals surface area contributed by atoms with Crippen LogP contribution in [0.15, 0.2) is 42.5 Å². The van der Waals surface area contributed by atoms with E-state index in [4.69, 9.17) is 5.73 Å². The number of halogens is 1. The highest BCUT2D eigenvalue weighted by atomic mass is 19.1. The van der Waals surface area contributed by atoms with E-state index in [1.807, 2.05) is 25.1 Å². The van der Waals surface area contributed by atoms with Gasteiger partial charge in [-0.3, -0.25) is 0 Å². The highest BCUT2D eigenvalue weighted by Crippen LogP contribution is 2.21. The Balaban J connectivity index is 1.95. The lowest BCUT2D eigenvalue weighted by Crippen LogP contribution is -2.05. The van der Waals surface area contributed by atoms with Crippen LogP contribution in [0.5, 0.6) is 0 Å². The molecule has 5 nitrogen and oxygen atoms in total. The molecule has 3 aromatic rings. The lowest BCUT2D eigenvalue weighted by molar-refractivity contribution is 0.622. The van der Waals surface area contributed by atoms with Crippen LogP contribution in [-0.4, -0.2) is 20.2 Å². The van der Waals surface area contributed by atoms with E-state index in [-0.39, 0.29) is 5.82 Å². The Kier molecular flexibility index (Phi) is 3.35. The van der Waals surface area contributed by atoms with Gasteiger partial charge in [0, 0.05) is 11.3 Å². The first-order valence-electron chi connectivity index (χ1n) is 6.50. The monoisotopic (exact) mass is 283 g/mol. The van der Waals surface area contributed by atoms with Crippen molar-refractivity contribution in [1.29, 1.82) is 0 Å². The molecule has 0 atom stereocenters. The van der Waals surface area contributed by atoms with Gasteiger partial charge in [-0.1, -0.05) is 12.1 Å². The molecule has 21 heavy (non-hydrogen) atoms. The second kappa shape index (κ2) is 5.32. The van der Waals surface area contributed by atoms with Gasteiger partial charge in [0.05, 0.1) is 6.54 Å². The van der Waals surface area contributed by atoms with Crippen LogP contribution in [0.1, 0.15) is 11.1 Å². The number of aryl methyl sites for hydroxylation is 1. The van der Waals surface area contributed by atoms with Crippen molar-refractivity contribution in [1.82, 2.24) is 20.2 Å². The molecule has 0 saturated carbocycles. The smallest absolute Gasteiger partial charge is 0.182 e. The summed E-state index contributed by atoms with van der Waals surface area (Å²) in [5.74, 6) is 0.372. The third kappa shape index (κ3) is 2.89. The van der Waals surface area contributed by atoms with Crippen molar-refractivity contribution in [2.75, 3.05) is 5.73 Å². The van der Waals surface area contributed by atoms with E-state index in [2.05, 4.69) is 15.5 Å². The van der Waals surface area contributed by atoms with E-state index in [9.17, 15) is 4.39 Å². The molecule has 6 heteroatoms. The van der Waals surface area contributed by atoms with Gasteiger partial charge in [0.1, 0.15) is 5.82 Å². The molecule has 0 aliphatic heterocycles. The molecule has 0 saturated heterocycles. The topological polar surface area (TPSA) is 69.6 Å². The summed E-state index contributed by atoms with van der Waals surface area (Å²) >= 11 is 0. The minimum absolute atomic E-state index is 0.262. The zero-order valence-electron chi connectivity index (χ0n) is 11.5. The van der Waals surface area contributed by atoms with Gasteiger partial charge in [0.15, 0.2) is 5.82 Å². The van der Waals surface area contributed by atoms with Crippen molar-refractivity contribution >= 4 is 5.69 Å². The Labute approximate surface area is 121 Å². The summed E-state index contributed by atoms with van der Waals surface area (Å²) in [6.07, 6.45) is 0. The molecule has 0 amide bonds. The maximum absolute atomic E-state index is 12.9. The van der Waals surface area contributed by atoms with Gasteiger partial charge in [0.25, 0.3) is 0 Å². The molecule has 0 bridgehead atoms. The fraction of sp³-hybridized carbons (Fsp3) is 0.133. The van der Waals surface area contributed by atoms with Crippen LogP contribution in [-0.2, 0) is 6.54 Å². The van der Waals surface area contributed by atoms with Gasteiger partial charge in [-0.05, 0) is 58.8 Å². The average Bonchev–Trinajstić information content (AvgIpc) is 2.88. The Bertz CT molecular complexity index is 744. The fourth-order valence-corrected chi connectivity index (χ4v) is 2.22. The van der Waals surface area contributed by atoms with Crippen molar-refractivity contribution in [3.8, 4) is 11.4 Å². The minimum atomic E-state index is -0.262. The van der Waals surface area contributed by atoms with Gasteiger partial charge in [-0.15, -0.1) is 5.10 Å².